The SMILES string of the molecule is CC1CN(CC2(C)CC2)CCC1N. The molecule has 2 fully saturated rings. The van der Waals surface area contributed by atoms with Gasteiger partial charge in [0.15, 0.2) is 0 Å². The second-order valence-electron chi connectivity index (χ2n) is 5.48. The Labute approximate surface area is 81.5 Å². The number of hydrogen-bond donors (Lipinski definition) is 1. The van der Waals surface area contributed by atoms with Crippen LogP contribution in [0.5, 0.6) is 0 Å². The summed E-state index contributed by atoms with van der Waals surface area (Å²) in [6.07, 6.45) is 4.06. The Bertz CT molecular complexity index is 187. The molecule has 2 nitrogen and oxygen atoms in total. The third kappa shape index (κ3) is 2.23. The largest absolute Gasteiger partial charge is 0.327 e. The summed E-state index contributed by atoms with van der Waals surface area (Å²) in [4.78, 5) is 2.61. The Morgan fingerprint density at radius 3 is 2.69 bits per heavy atom. The van der Waals surface area contributed by atoms with Gasteiger partial charge in [0.1, 0.15) is 0 Å². The average Bonchev–Trinajstić information content (AvgIpc) is 2.76. The van der Waals surface area contributed by atoms with E-state index in [-0.39, 0.29) is 0 Å². The van der Waals surface area contributed by atoms with Gasteiger partial charge in [0, 0.05) is 19.1 Å². The number of nitrogens with zero attached hydrogens (tertiary/aromatic N) is 1. The predicted octanol–water partition coefficient (Wildman–Crippen LogP) is 1.46. The molecule has 0 bridgehead atoms. The van der Waals surface area contributed by atoms with Crippen LogP contribution in [0, 0.1) is 11.3 Å². The Morgan fingerprint density at radius 2 is 2.15 bits per heavy atom. The lowest BCUT2D eigenvalue weighted by molar-refractivity contribution is 0.141. The second-order valence-corrected chi connectivity index (χ2v) is 5.48. The van der Waals surface area contributed by atoms with Gasteiger partial charge in [-0.15, -0.1) is 0 Å². The fraction of sp³-hybridized carbons (Fsp3) is 1.00. The van der Waals surface area contributed by atoms with Crippen LogP contribution in [-0.4, -0.2) is 30.6 Å². The number of nitrogens with two attached hydrogens (primary N) is 1. The number of piperidine rings is 1. The third-order valence-electron chi connectivity index (χ3n) is 3.76. The van der Waals surface area contributed by atoms with Gasteiger partial charge in [0.2, 0.25) is 0 Å². The minimum atomic E-state index is 0.447. The van der Waals surface area contributed by atoms with E-state index in [1.54, 1.807) is 0 Å². The van der Waals surface area contributed by atoms with E-state index < -0.39 is 0 Å². The summed E-state index contributed by atoms with van der Waals surface area (Å²) < 4.78 is 0. The topological polar surface area (TPSA) is 29.3 Å². The van der Waals surface area contributed by atoms with Crippen molar-refractivity contribution in [2.75, 3.05) is 19.6 Å². The van der Waals surface area contributed by atoms with Crippen molar-refractivity contribution in [3.63, 3.8) is 0 Å². The maximum atomic E-state index is 5.99. The molecule has 0 aromatic rings. The van der Waals surface area contributed by atoms with E-state index >= 15 is 0 Å². The fourth-order valence-corrected chi connectivity index (χ4v) is 2.31. The van der Waals surface area contributed by atoms with E-state index in [2.05, 4.69) is 18.7 Å². The quantitative estimate of drug-likeness (QED) is 0.700. The molecule has 2 aliphatic rings. The van der Waals surface area contributed by atoms with Gasteiger partial charge in [0.25, 0.3) is 0 Å². The first kappa shape index (κ1) is 9.47. The number of hydrogen-bond acceptors (Lipinski definition) is 2. The van der Waals surface area contributed by atoms with Crippen molar-refractivity contribution in [1.29, 1.82) is 0 Å². The van der Waals surface area contributed by atoms with Gasteiger partial charge in [-0.2, -0.15) is 0 Å². The number of likely N-dealkylation sites (tertiary alicyclic amines) is 1. The normalized spacial score (nSPS) is 39.0. The number of rotatable bonds is 2. The minimum absolute atomic E-state index is 0.447. The van der Waals surface area contributed by atoms with Crippen molar-refractivity contribution in [3.05, 3.63) is 0 Å². The molecule has 1 saturated carbocycles. The summed E-state index contributed by atoms with van der Waals surface area (Å²) in [6.45, 7) is 8.44. The standard InChI is InChI=1S/C11H22N2/c1-9-7-13(6-3-10(9)12)8-11(2)4-5-11/h9-10H,3-8,12H2,1-2H3. The zero-order valence-electron chi connectivity index (χ0n) is 8.92. The lowest BCUT2D eigenvalue weighted by atomic mass is 9.94. The van der Waals surface area contributed by atoms with Gasteiger partial charge in [-0.25, -0.2) is 0 Å². The van der Waals surface area contributed by atoms with Crippen molar-refractivity contribution in [2.45, 2.75) is 39.2 Å². The predicted molar refractivity (Wildman–Crippen MR) is 55.5 cm³/mol. The van der Waals surface area contributed by atoms with Gasteiger partial charge in [0.05, 0.1) is 0 Å². The first-order chi connectivity index (χ1) is 6.09. The van der Waals surface area contributed by atoms with Gasteiger partial charge in [-0.05, 0) is 37.1 Å². The fourth-order valence-electron chi connectivity index (χ4n) is 2.31. The monoisotopic (exact) mass is 182 g/mol. The van der Waals surface area contributed by atoms with Gasteiger partial charge in [-0.3, -0.25) is 0 Å². The minimum Gasteiger partial charge on any atom is -0.327 e. The Balaban J connectivity index is 1.81. The summed E-state index contributed by atoms with van der Waals surface area (Å²) in [5.41, 5.74) is 6.66. The summed E-state index contributed by atoms with van der Waals surface area (Å²) in [5, 5.41) is 0. The zero-order chi connectivity index (χ0) is 9.47. The van der Waals surface area contributed by atoms with Crippen LogP contribution < -0.4 is 5.73 Å². The first-order valence-corrected chi connectivity index (χ1v) is 5.57. The maximum absolute atomic E-state index is 5.99. The lowest BCUT2D eigenvalue weighted by Crippen LogP contribution is -2.47. The molecular weight excluding hydrogens is 160 g/mol. The smallest absolute Gasteiger partial charge is 0.00889 e. The van der Waals surface area contributed by atoms with Crippen LogP contribution >= 0.6 is 0 Å². The molecule has 0 amide bonds. The first-order valence-electron chi connectivity index (χ1n) is 5.57. The molecule has 0 aromatic heterocycles. The zero-order valence-corrected chi connectivity index (χ0v) is 8.92. The molecule has 2 heteroatoms. The van der Waals surface area contributed by atoms with Crippen LogP contribution in [0.1, 0.15) is 33.1 Å². The Hall–Kier alpha value is -0.0800. The van der Waals surface area contributed by atoms with Crippen molar-refractivity contribution in [3.8, 4) is 0 Å². The van der Waals surface area contributed by atoms with Crippen molar-refractivity contribution < 1.29 is 0 Å². The van der Waals surface area contributed by atoms with Crippen LogP contribution in [0.2, 0.25) is 0 Å². The highest BCUT2D eigenvalue weighted by Crippen LogP contribution is 2.45. The van der Waals surface area contributed by atoms with Crippen molar-refractivity contribution in [2.24, 2.45) is 17.1 Å². The van der Waals surface area contributed by atoms with Crippen LogP contribution in [0.25, 0.3) is 0 Å². The van der Waals surface area contributed by atoms with Crippen LogP contribution in [-0.2, 0) is 0 Å². The molecule has 1 aliphatic carbocycles. The van der Waals surface area contributed by atoms with Gasteiger partial charge >= 0.3 is 0 Å². The highest BCUT2D eigenvalue weighted by Gasteiger charge is 2.39. The van der Waals surface area contributed by atoms with Gasteiger partial charge < -0.3 is 10.6 Å². The highest BCUT2D eigenvalue weighted by atomic mass is 15.1. The molecular formula is C11H22N2. The van der Waals surface area contributed by atoms with E-state index in [1.165, 1.54) is 38.9 Å². The summed E-state index contributed by atoms with van der Waals surface area (Å²) >= 11 is 0. The molecule has 76 valence electrons. The van der Waals surface area contributed by atoms with E-state index in [0.717, 1.165) is 0 Å². The molecule has 0 aromatic carbocycles. The molecule has 2 atom stereocenters. The van der Waals surface area contributed by atoms with Crippen molar-refractivity contribution >= 4 is 0 Å². The summed E-state index contributed by atoms with van der Waals surface area (Å²) in [5.74, 6) is 0.691. The summed E-state index contributed by atoms with van der Waals surface area (Å²) in [7, 11) is 0. The lowest BCUT2D eigenvalue weighted by Gasteiger charge is -2.36. The molecule has 2 rings (SSSR count). The molecule has 1 saturated heterocycles. The molecule has 1 heterocycles. The van der Waals surface area contributed by atoms with Crippen LogP contribution in [0.4, 0.5) is 0 Å². The second kappa shape index (κ2) is 3.25. The molecule has 2 N–H and O–H groups in total. The Kier molecular flexibility index (Phi) is 2.37. The molecule has 1 aliphatic heterocycles. The van der Waals surface area contributed by atoms with E-state index in [0.29, 0.717) is 17.4 Å². The Morgan fingerprint density at radius 1 is 1.46 bits per heavy atom. The van der Waals surface area contributed by atoms with Crippen molar-refractivity contribution in [1.82, 2.24) is 4.90 Å². The van der Waals surface area contributed by atoms with E-state index in [9.17, 15) is 0 Å². The molecule has 13 heavy (non-hydrogen) atoms. The molecule has 2 unspecified atom stereocenters. The third-order valence-corrected chi connectivity index (χ3v) is 3.76. The molecule has 0 spiro atoms. The summed E-state index contributed by atoms with van der Waals surface area (Å²) in [6, 6.07) is 0.447. The highest BCUT2D eigenvalue weighted by molar-refractivity contribution is 4.93. The van der Waals surface area contributed by atoms with E-state index in [1.807, 2.05) is 0 Å². The van der Waals surface area contributed by atoms with Gasteiger partial charge in [-0.1, -0.05) is 13.8 Å². The maximum Gasteiger partial charge on any atom is 0.00889 e. The average molecular weight is 182 g/mol. The van der Waals surface area contributed by atoms with E-state index in [4.69, 9.17) is 5.73 Å². The van der Waals surface area contributed by atoms with Crippen LogP contribution in [0.3, 0.4) is 0 Å². The van der Waals surface area contributed by atoms with Crippen LogP contribution in [0.15, 0.2) is 0 Å². The molecule has 0 radical (unpaired) electrons.